The fraction of sp³-hybridized carbons (Fsp3) is 0.818. The number of esters is 1. The molecule has 0 N–H and O–H groups in total. The largest absolute Gasteiger partial charge is 0.469 e. The summed E-state index contributed by atoms with van der Waals surface area (Å²) in [7, 11) is 1.41. The van der Waals surface area contributed by atoms with Crippen molar-refractivity contribution in [2.45, 2.75) is 33.1 Å². The molecule has 2 aliphatic carbocycles. The van der Waals surface area contributed by atoms with Crippen LogP contribution in [-0.2, 0) is 14.3 Å². The number of hydrogen-bond donors (Lipinski definition) is 0. The molecule has 0 aromatic heterocycles. The van der Waals surface area contributed by atoms with Crippen molar-refractivity contribution in [1.29, 1.82) is 0 Å². The average Bonchev–Trinajstić information content (AvgIpc) is 2.66. The highest BCUT2D eigenvalue weighted by Crippen LogP contribution is 2.62. The van der Waals surface area contributed by atoms with Crippen molar-refractivity contribution >= 4 is 11.8 Å². The number of fused-ring (bicyclic) bond motifs is 2. The highest BCUT2D eigenvalue weighted by Gasteiger charge is 2.66. The van der Waals surface area contributed by atoms with Crippen LogP contribution in [0.25, 0.3) is 0 Å². The first kappa shape index (κ1) is 9.69. The van der Waals surface area contributed by atoms with Gasteiger partial charge < -0.3 is 4.74 Å². The minimum Gasteiger partial charge on any atom is -0.469 e. The van der Waals surface area contributed by atoms with Crippen molar-refractivity contribution in [2.75, 3.05) is 7.11 Å². The van der Waals surface area contributed by atoms with Crippen molar-refractivity contribution < 1.29 is 14.3 Å². The molecule has 78 valence electrons. The quantitative estimate of drug-likeness (QED) is 0.598. The summed E-state index contributed by atoms with van der Waals surface area (Å²) < 4.78 is 4.85. The van der Waals surface area contributed by atoms with Crippen molar-refractivity contribution in [2.24, 2.45) is 16.7 Å². The second-order valence-corrected chi connectivity index (χ2v) is 5.00. The third-order valence-corrected chi connectivity index (χ3v) is 4.27. The first-order chi connectivity index (χ1) is 6.45. The molecule has 0 aromatic carbocycles. The third-order valence-electron chi connectivity index (χ3n) is 4.27. The zero-order valence-corrected chi connectivity index (χ0v) is 8.92. The fourth-order valence-corrected chi connectivity index (χ4v) is 3.22. The Morgan fingerprint density at radius 2 is 2.14 bits per heavy atom. The van der Waals surface area contributed by atoms with Crippen LogP contribution in [-0.4, -0.2) is 18.9 Å². The van der Waals surface area contributed by atoms with E-state index in [1.165, 1.54) is 7.11 Å². The number of hydrogen-bond acceptors (Lipinski definition) is 3. The van der Waals surface area contributed by atoms with Gasteiger partial charge in [0, 0.05) is 11.3 Å². The van der Waals surface area contributed by atoms with Crippen molar-refractivity contribution in [3.8, 4) is 0 Å². The zero-order chi connectivity index (χ0) is 10.6. The maximum atomic E-state index is 11.9. The van der Waals surface area contributed by atoms with Gasteiger partial charge in [-0.3, -0.25) is 9.59 Å². The van der Waals surface area contributed by atoms with Crippen molar-refractivity contribution in [1.82, 2.24) is 0 Å². The van der Waals surface area contributed by atoms with Crippen LogP contribution in [0.3, 0.4) is 0 Å². The predicted molar refractivity (Wildman–Crippen MR) is 50.6 cm³/mol. The number of ether oxygens (including phenoxy) is 1. The standard InChI is InChI=1S/C11H16O3/c1-10(2)8(12)7-4-5-11(10,6-7)9(13)14-3/h7H,4-6H2,1-3H3. The van der Waals surface area contributed by atoms with Gasteiger partial charge in [-0.05, 0) is 19.3 Å². The number of ketones is 1. The SMILES string of the molecule is COC(=O)C12CCC(C1)C(=O)C2(C)C. The number of Topliss-reactive ketones (excluding diaryl/α,β-unsaturated/α-hetero) is 1. The van der Waals surface area contributed by atoms with Gasteiger partial charge in [-0.15, -0.1) is 0 Å². The summed E-state index contributed by atoms with van der Waals surface area (Å²) >= 11 is 0. The molecule has 2 bridgehead atoms. The van der Waals surface area contributed by atoms with Gasteiger partial charge in [-0.1, -0.05) is 13.8 Å². The molecule has 2 atom stereocenters. The van der Waals surface area contributed by atoms with Gasteiger partial charge in [-0.2, -0.15) is 0 Å². The smallest absolute Gasteiger partial charge is 0.312 e. The van der Waals surface area contributed by atoms with Gasteiger partial charge in [0.05, 0.1) is 12.5 Å². The zero-order valence-electron chi connectivity index (χ0n) is 8.92. The molecule has 14 heavy (non-hydrogen) atoms. The van der Waals surface area contributed by atoms with Crippen LogP contribution >= 0.6 is 0 Å². The first-order valence-corrected chi connectivity index (χ1v) is 5.08. The molecule has 0 spiro atoms. The lowest BCUT2D eigenvalue weighted by molar-refractivity contribution is -0.162. The molecule has 2 aliphatic rings. The third kappa shape index (κ3) is 0.830. The van der Waals surface area contributed by atoms with E-state index >= 15 is 0 Å². The maximum absolute atomic E-state index is 11.9. The molecule has 0 heterocycles. The van der Waals surface area contributed by atoms with Gasteiger partial charge in [0.15, 0.2) is 0 Å². The van der Waals surface area contributed by atoms with E-state index in [4.69, 9.17) is 4.74 Å². The Labute approximate surface area is 83.8 Å². The number of carbonyl (C=O) groups excluding carboxylic acids is 2. The van der Waals surface area contributed by atoms with Gasteiger partial charge in [-0.25, -0.2) is 0 Å². The molecule has 0 radical (unpaired) electrons. The van der Waals surface area contributed by atoms with Crippen LogP contribution in [0.15, 0.2) is 0 Å². The van der Waals surface area contributed by atoms with E-state index in [2.05, 4.69) is 0 Å². The lowest BCUT2D eigenvalue weighted by Gasteiger charge is -2.37. The van der Waals surface area contributed by atoms with Crippen LogP contribution in [0.2, 0.25) is 0 Å². The minimum absolute atomic E-state index is 0.101. The van der Waals surface area contributed by atoms with E-state index in [0.717, 1.165) is 12.8 Å². The van der Waals surface area contributed by atoms with E-state index in [-0.39, 0.29) is 17.7 Å². The highest BCUT2D eigenvalue weighted by atomic mass is 16.5. The maximum Gasteiger partial charge on any atom is 0.312 e. The molecule has 2 rings (SSSR count). The molecule has 3 heteroatoms. The van der Waals surface area contributed by atoms with E-state index in [1.807, 2.05) is 13.8 Å². The van der Waals surface area contributed by atoms with Crippen LogP contribution in [0.5, 0.6) is 0 Å². The highest BCUT2D eigenvalue weighted by molar-refractivity contribution is 5.98. The summed E-state index contributed by atoms with van der Waals surface area (Å²) in [6.45, 7) is 3.76. The second-order valence-electron chi connectivity index (χ2n) is 5.00. The summed E-state index contributed by atoms with van der Waals surface area (Å²) in [4.78, 5) is 23.7. The molecule has 0 aromatic rings. The summed E-state index contributed by atoms with van der Waals surface area (Å²) in [5.41, 5.74) is -1.05. The first-order valence-electron chi connectivity index (χ1n) is 5.08. The number of rotatable bonds is 1. The fourth-order valence-electron chi connectivity index (χ4n) is 3.22. The van der Waals surface area contributed by atoms with Gasteiger partial charge >= 0.3 is 5.97 Å². The van der Waals surface area contributed by atoms with Crippen LogP contribution in [0.1, 0.15) is 33.1 Å². The van der Waals surface area contributed by atoms with Crippen LogP contribution in [0, 0.1) is 16.7 Å². The lowest BCUT2D eigenvalue weighted by atomic mass is 9.64. The van der Waals surface area contributed by atoms with Crippen molar-refractivity contribution in [3.05, 3.63) is 0 Å². The van der Waals surface area contributed by atoms with Gasteiger partial charge in [0.2, 0.25) is 0 Å². The topological polar surface area (TPSA) is 43.4 Å². The Morgan fingerprint density at radius 3 is 2.57 bits per heavy atom. The normalized spacial score (nSPS) is 38.8. The Bertz CT molecular complexity index is 306. The molecule has 2 saturated carbocycles. The summed E-state index contributed by atoms with van der Waals surface area (Å²) in [6, 6.07) is 0. The number of carbonyl (C=O) groups is 2. The lowest BCUT2D eigenvalue weighted by Crippen LogP contribution is -2.45. The van der Waals surface area contributed by atoms with Crippen LogP contribution < -0.4 is 0 Å². The molecule has 0 aliphatic heterocycles. The molecular formula is C11H16O3. The Kier molecular flexibility index (Phi) is 1.79. The predicted octanol–water partition coefficient (Wildman–Crippen LogP) is 1.55. The summed E-state index contributed by atoms with van der Waals surface area (Å²) in [5.74, 6) is 0.147. The second kappa shape index (κ2) is 2.59. The van der Waals surface area contributed by atoms with Gasteiger partial charge in [0.25, 0.3) is 0 Å². The van der Waals surface area contributed by atoms with E-state index in [1.54, 1.807) is 0 Å². The Hall–Kier alpha value is -0.860. The van der Waals surface area contributed by atoms with Crippen molar-refractivity contribution in [3.63, 3.8) is 0 Å². The van der Waals surface area contributed by atoms with E-state index in [9.17, 15) is 9.59 Å². The monoisotopic (exact) mass is 196 g/mol. The summed E-state index contributed by atoms with van der Waals surface area (Å²) in [5, 5.41) is 0. The molecule has 0 amide bonds. The number of methoxy groups -OCH3 is 1. The Balaban J connectivity index is 2.44. The molecule has 2 fully saturated rings. The molecule has 0 saturated heterocycles. The molecule has 2 unspecified atom stereocenters. The minimum atomic E-state index is -0.525. The summed E-state index contributed by atoms with van der Waals surface area (Å²) in [6.07, 6.45) is 2.37. The van der Waals surface area contributed by atoms with E-state index in [0.29, 0.717) is 6.42 Å². The molecule has 3 nitrogen and oxygen atoms in total. The van der Waals surface area contributed by atoms with E-state index < -0.39 is 10.8 Å². The van der Waals surface area contributed by atoms with Crippen LogP contribution in [0.4, 0.5) is 0 Å². The molecular weight excluding hydrogens is 180 g/mol. The van der Waals surface area contributed by atoms with Gasteiger partial charge in [0.1, 0.15) is 5.78 Å². The average molecular weight is 196 g/mol. The Morgan fingerprint density at radius 1 is 1.50 bits per heavy atom.